The molecule has 0 spiro atoms. The summed E-state index contributed by atoms with van der Waals surface area (Å²) in [6.07, 6.45) is 2.24. The predicted molar refractivity (Wildman–Crippen MR) is 61.5 cm³/mol. The van der Waals surface area contributed by atoms with Crippen LogP contribution < -0.4 is 0 Å². The van der Waals surface area contributed by atoms with E-state index in [0.29, 0.717) is 21.4 Å². The molecule has 1 unspecified atom stereocenters. The van der Waals surface area contributed by atoms with Gasteiger partial charge in [0.2, 0.25) is 0 Å². The predicted octanol–water partition coefficient (Wildman–Crippen LogP) is 2.20. The van der Waals surface area contributed by atoms with Crippen molar-refractivity contribution in [3.05, 3.63) is 46.0 Å². The van der Waals surface area contributed by atoms with E-state index in [1.807, 2.05) is 0 Å². The Morgan fingerprint density at radius 3 is 2.75 bits per heavy atom. The van der Waals surface area contributed by atoms with E-state index in [-0.39, 0.29) is 0 Å². The van der Waals surface area contributed by atoms with Gasteiger partial charge in [0.25, 0.3) is 0 Å². The van der Waals surface area contributed by atoms with Crippen molar-refractivity contribution in [3.8, 4) is 0 Å². The van der Waals surface area contributed by atoms with Gasteiger partial charge in [0.15, 0.2) is 0 Å². The van der Waals surface area contributed by atoms with Crippen LogP contribution in [0.2, 0.25) is 10.0 Å². The number of rotatable bonds is 2. The summed E-state index contributed by atoms with van der Waals surface area (Å²) in [6.45, 7) is 0. The maximum Gasteiger partial charge on any atom is 0.141 e. The number of aryl methyl sites for hydroxylation is 1. The van der Waals surface area contributed by atoms with Crippen LogP contribution in [0, 0.1) is 0 Å². The first-order valence-corrected chi connectivity index (χ1v) is 5.32. The molecule has 0 aliphatic carbocycles. The second-order valence-corrected chi connectivity index (χ2v) is 4.18. The zero-order chi connectivity index (χ0) is 11.7. The molecule has 0 saturated heterocycles. The van der Waals surface area contributed by atoms with E-state index in [1.165, 1.54) is 12.3 Å². The molecule has 0 amide bonds. The largest absolute Gasteiger partial charge is 0.380 e. The number of hydrogen-bond acceptors (Lipinski definition) is 3. The third-order valence-corrected chi connectivity index (χ3v) is 2.62. The minimum absolute atomic E-state index is 0.325. The van der Waals surface area contributed by atoms with Crippen molar-refractivity contribution in [3.63, 3.8) is 0 Å². The van der Waals surface area contributed by atoms with E-state index >= 15 is 0 Å². The number of halogens is 2. The maximum absolute atomic E-state index is 10.0. The molecule has 2 rings (SSSR count). The van der Waals surface area contributed by atoms with E-state index in [0.717, 1.165) is 0 Å². The molecule has 0 saturated carbocycles. The monoisotopic (exact) mass is 257 g/mol. The van der Waals surface area contributed by atoms with Gasteiger partial charge in [-0.2, -0.15) is 5.10 Å². The summed E-state index contributed by atoms with van der Waals surface area (Å²) in [4.78, 5) is 4.00. The minimum Gasteiger partial charge on any atom is -0.380 e. The van der Waals surface area contributed by atoms with Gasteiger partial charge in [-0.05, 0) is 12.1 Å². The molecule has 2 aromatic rings. The number of hydrogen-bond donors (Lipinski definition) is 1. The van der Waals surface area contributed by atoms with Crippen LogP contribution in [0.25, 0.3) is 0 Å². The van der Waals surface area contributed by atoms with Crippen molar-refractivity contribution in [2.24, 2.45) is 7.05 Å². The molecule has 1 N–H and O–H groups in total. The highest BCUT2D eigenvalue weighted by Gasteiger charge is 2.17. The number of aromatic nitrogens is 3. The van der Waals surface area contributed by atoms with Gasteiger partial charge in [-0.1, -0.05) is 23.2 Å². The second kappa shape index (κ2) is 4.41. The van der Waals surface area contributed by atoms with E-state index in [2.05, 4.69) is 10.1 Å². The summed E-state index contributed by atoms with van der Waals surface area (Å²) < 4.78 is 1.60. The lowest BCUT2D eigenvalue weighted by molar-refractivity contribution is 0.209. The molecule has 0 fully saturated rings. The molecule has 0 aliphatic rings. The zero-order valence-electron chi connectivity index (χ0n) is 8.43. The normalized spacial score (nSPS) is 12.8. The summed E-state index contributed by atoms with van der Waals surface area (Å²) in [5.74, 6) is 0. The summed E-state index contributed by atoms with van der Waals surface area (Å²) in [5.41, 5.74) is 0.851. The highest BCUT2D eigenvalue weighted by atomic mass is 35.5. The van der Waals surface area contributed by atoms with Gasteiger partial charge < -0.3 is 5.11 Å². The quantitative estimate of drug-likeness (QED) is 0.898. The van der Waals surface area contributed by atoms with Gasteiger partial charge >= 0.3 is 0 Å². The molecule has 1 atom stereocenters. The third-order valence-electron chi connectivity index (χ3n) is 2.11. The van der Waals surface area contributed by atoms with E-state index in [4.69, 9.17) is 23.2 Å². The fourth-order valence-corrected chi connectivity index (χ4v) is 1.83. The summed E-state index contributed by atoms with van der Waals surface area (Å²) in [7, 11) is 1.77. The van der Waals surface area contributed by atoms with E-state index in [1.54, 1.807) is 24.0 Å². The first-order chi connectivity index (χ1) is 7.58. The summed E-state index contributed by atoms with van der Waals surface area (Å²) in [5, 5.41) is 14.9. The Morgan fingerprint density at radius 1 is 1.44 bits per heavy atom. The molecule has 0 radical (unpaired) electrons. The van der Waals surface area contributed by atoms with Crippen molar-refractivity contribution in [2.45, 2.75) is 6.10 Å². The van der Waals surface area contributed by atoms with Crippen LogP contribution in [0.3, 0.4) is 0 Å². The Balaban J connectivity index is 2.37. The maximum atomic E-state index is 10.0. The molecule has 16 heavy (non-hydrogen) atoms. The lowest BCUT2D eigenvalue weighted by Crippen LogP contribution is -2.04. The first-order valence-electron chi connectivity index (χ1n) is 4.56. The average molecular weight is 258 g/mol. The van der Waals surface area contributed by atoms with Gasteiger partial charge in [0.1, 0.15) is 6.10 Å². The minimum atomic E-state index is -0.939. The van der Waals surface area contributed by atoms with Crippen LogP contribution in [0.4, 0.5) is 0 Å². The molecule has 4 nitrogen and oxygen atoms in total. The van der Waals surface area contributed by atoms with Gasteiger partial charge in [0, 0.05) is 19.4 Å². The number of aliphatic hydroxyl groups excluding tert-OH is 1. The average Bonchev–Trinajstić information content (AvgIpc) is 2.64. The molecule has 0 aromatic carbocycles. The molecule has 0 aliphatic heterocycles. The van der Waals surface area contributed by atoms with Crippen LogP contribution >= 0.6 is 23.2 Å². The number of nitrogens with zero attached hydrogens (tertiary/aromatic N) is 3. The fraction of sp³-hybridized carbons (Fsp3) is 0.200. The second-order valence-electron chi connectivity index (χ2n) is 3.34. The Labute approximate surface area is 102 Å². The lowest BCUT2D eigenvalue weighted by Gasteiger charge is -2.08. The highest BCUT2D eigenvalue weighted by molar-refractivity contribution is 6.34. The van der Waals surface area contributed by atoms with Crippen molar-refractivity contribution in [1.29, 1.82) is 0 Å². The third kappa shape index (κ3) is 2.19. The Kier molecular flexibility index (Phi) is 3.14. The number of aliphatic hydroxyl groups is 1. The van der Waals surface area contributed by atoms with Gasteiger partial charge in [-0.15, -0.1) is 0 Å². The Morgan fingerprint density at radius 2 is 2.19 bits per heavy atom. The van der Waals surface area contributed by atoms with Gasteiger partial charge in [-0.3, -0.25) is 9.67 Å². The van der Waals surface area contributed by atoms with E-state index < -0.39 is 6.10 Å². The van der Waals surface area contributed by atoms with Gasteiger partial charge in [-0.25, -0.2) is 0 Å². The molecule has 0 bridgehead atoms. The zero-order valence-corrected chi connectivity index (χ0v) is 9.94. The van der Waals surface area contributed by atoms with Crippen LogP contribution in [0.5, 0.6) is 0 Å². The van der Waals surface area contributed by atoms with Crippen LogP contribution in [-0.4, -0.2) is 19.9 Å². The molecule has 84 valence electrons. The van der Waals surface area contributed by atoms with Crippen LogP contribution in [-0.2, 0) is 7.05 Å². The van der Waals surface area contributed by atoms with Crippen molar-refractivity contribution >= 4 is 23.2 Å². The topological polar surface area (TPSA) is 50.9 Å². The van der Waals surface area contributed by atoms with Crippen LogP contribution in [0.1, 0.15) is 17.5 Å². The molecule has 2 heterocycles. The number of pyridine rings is 1. The fourth-order valence-electron chi connectivity index (χ4n) is 1.35. The highest BCUT2D eigenvalue weighted by Crippen LogP contribution is 2.27. The van der Waals surface area contributed by atoms with E-state index in [9.17, 15) is 5.11 Å². The SMILES string of the molecule is Cn1ccc(C(O)c2ncc(Cl)cc2Cl)n1. The summed E-state index contributed by atoms with van der Waals surface area (Å²) in [6, 6.07) is 3.24. The van der Waals surface area contributed by atoms with Gasteiger partial charge in [0.05, 0.1) is 21.4 Å². The Bertz CT molecular complexity index is 513. The van der Waals surface area contributed by atoms with Crippen molar-refractivity contribution in [2.75, 3.05) is 0 Å². The first kappa shape index (κ1) is 11.4. The molecular weight excluding hydrogens is 249 g/mol. The summed E-state index contributed by atoms with van der Waals surface area (Å²) >= 11 is 11.7. The lowest BCUT2D eigenvalue weighted by atomic mass is 10.2. The molecule has 2 aromatic heterocycles. The van der Waals surface area contributed by atoms with Crippen molar-refractivity contribution in [1.82, 2.24) is 14.8 Å². The molecular formula is C10H9Cl2N3O. The van der Waals surface area contributed by atoms with Crippen LogP contribution in [0.15, 0.2) is 24.5 Å². The molecule has 6 heteroatoms. The van der Waals surface area contributed by atoms with Crippen molar-refractivity contribution < 1.29 is 5.11 Å². The standard InChI is InChI=1S/C10H9Cl2N3O/c1-15-3-2-8(14-15)10(16)9-7(12)4-6(11)5-13-9/h2-5,10,16H,1H3. The smallest absolute Gasteiger partial charge is 0.141 e. The Hall–Kier alpha value is -1.10.